The van der Waals surface area contributed by atoms with Gasteiger partial charge in [0.2, 0.25) is 0 Å². The Balaban J connectivity index is 2.13. The molecular formula is C17H18N6O6S3. The Morgan fingerprint density at radius 1 is 1.06 bits per heavy atom. The van der Waals surface area contributed by atoms with Crippen LogP contribution in [0.15, 0.2) is 34.5 Å². The third-order valence-corrected chi connectivity index (χ3v) is 6.34. The predicted octanol–water partition coefficient (Wildman–Crippen LogP) is 3.34. The maximum atomic E-state index is 11.0. The monoisotopic (exact) mass is 498 g/mol. The van der Waals surface area contributed by atoms with E-state index in [9.17, 15) is 16.8 Å². The molecule has 0 radical (unpaired) electrons. The first kappa shape index (κ1) is 25.3. The fourth-order valence-electron chi connectivity index (χ4n) is 2.59. The third kappa shape index (κ3) is 8.29. The number of benzene rings is 1. The molecule has 0 spiro atoms. The molecular weight excluding hydrogens is 480 g/mol. The van der Waals surface area contributed by atoms with Crippen molar-refractivity contribution in [2.75, 3.05) is 29.5 Å². The molecule has 0 bridgehead atoms. The minimum atomic E-state index is -4.13. The first-order chi connectivity index (χ1) is 15.0. The van der Waals surface area contributed by atoms with Gasteiger partial charge in [-0.2, -0.15) is 22.1 Å². The van der Waals surface area contributed by atoms with E-state index in [1.54, 1.807) is 29.2 Å². The van der Waals surface area contributed by atoms with Crippen LogP contribution in [0.3, 0.4) is 0 Å². The number of azo groups is 1. The predicted molar refractivity (Wildman–Crippen MR) is 118 cm³/mol. The van der Waals surface area contributed by atoms with Crippen LogP contribution in [0.25, 0.3) is 4.85 Å². The molecule has 0 saturated heterocycles. The zero-order chi connectivity index (χ0) is 23.8. The first-order valence-electron chi connectivity index (χ1n) is 8.96. The molecule has 1 aromatic carbocycles. The normalized spacial score (nSPS) is 11.9. The van der Waals surface area contributed by atoms with Crippen molar-refractivity contribution in [2.45, 2.75) is 12.8 Å². The Labute approximate surface area is 189 Å². The van der Waals surface area contributed by atoms with E-state index in [0.29, 0.717) is 11.4 Å². The van der Waals surface area contributed by atoms with E-state index in [0.717, 1.165) is 11.5 Å². The van der Waals surface area contributed by atoms with Crippen molar-refractivity contribution in [1.29, 1.82) is 5.26 Å². The van der Waals surface area contributed by atoms with E-state index >= 15 is 0 Å². The molecule has 0 fully saturated rings. The molecule has 2 N–H and O–H groups in total. The van der Waals surface area contributed by atoms with Crippen molar-refractivity contribution in [3.63, 3.8) is 0 Å². The fourth-order valence-corrected chi connectivity index (χ4v) is 4.19. The topological polar surface area (TPSA) is 178 Å². The summed E-state index contributed by atoms with van der Waals surface area (Å²) in [5.41, 5.74) is 1.13. The Kier molecular flexibility index (Phi) is 8.76. The number of hydrogen-bond acceptors (Lipinski definition) is 10. The van der Waals surface area contributed by atoms with E-state index in [-0.39, 0.29) is 42.3 Å². The van der Waals surface area contributed by atoms with Crippen LogP contribution in [0, 0.1) is 17.9 Å². The van der Waals surface area contributed by atoms with Crippen LogP contribution in [-0.4, -0.2) is 54.9 Å². The smallest absolute Gasteiger partial charge is 0.304 e. The Hall–Kier alpha value is -2.95. The van der Waals surface area contributed by atoms with Gasteiger partial charge in [0.05, 0.1) is 34.8 Å². The second-order valence-corrected chi connectivity index (χ2v) is 10.3. The van der Waals surface area contributed by atoms with Gasteiger partial charge in [0.25, 0.3) is 20.2 Å². The summed E-state index contributed by atoms with van der Waals surface area (Å²) in [6.07, 6.45) is 0.218. The third-order valence-electron chi connectivity index (χ3n) is 4.01. The van der Waals surface area contributed by atoms with Gasteiger partial charge < -0.3 is 9.74 Å². The zero-order valence-corrected chi connectivity index (χ0v) is 18.9. The van der Waals surface area contributed by atoms with E-state index in [1.807, 2.05) is 6.07 Å². The van der Waals surface area contributed by atoms with Crippen molar-refractivity contribution in [1.82, 2.24) is 4.37 Å². The van der Waals surface area contributed by atoms with Crippen LogP contribution in [0.1, 0.15) is 18.4 Å². The second kappa shape index (κ2) is 11.1. The fraction of sp³-hybridized carbons (Fsp3) is 0.353. The lowest BCUT2D eigenvalue weighted by Crippen LogP contribution is -2.28. The second-order valence-electron chi connectivity index (χ2n) is 6.39. The van der Waals surface area contributed by atoms with Gasteiger partial charge >= 0.3 is 5.82 Å². The van der Waals surface area contributed by atoms with Crippen molar-refractivity contribution >= 4 is 54.0 Å². The van der Waals surface area contributed by atoms with E-state index in [1.165, 1.54) is 0 Å². The van der Waals surface area contributed by atoms with Gasteiger partial charge in [-0.3, -0.25) is 9.11 Å². The van der Waals surface area contributed by atoms with Gasteiger partial charge in [-0.05, 0) is 37.1 Å². The highest BCUT2D eigenvalue weighted by molar-refractivity contribution is 7.86. The largest absolute Gasteiger partial charge is 0.371 e. The van der Waals surface area contributed by atoms with Gasteiger partial charge in [0, 0.05) is 18.8 Å². The maximum absolute atomic E-state index is 11.0. The summed E-state index contributed by atoms with van der Waals surface area (Å²) >= 11 is 0.881. The zero-order valence-electron chi connectivity index (χ0n) is 16.5. The summed E-state index contributed by atoms with van der Waals surface area (Å²) in [4.78, 5) is 4.86. The molecule has 12 nitrogen and oxygen atoms in total. The Morgan fingerprint density at radius 3 is 2.09 bits per heavy atom. The molecule has 32 heavy (non-hydrogen) atoms. The molecule has 0 unspecified atom stereocenters. The molecule has 0 aliphatic heterocycles. The molecule has 1 heterocycles. The highest BCUT2D eigenvalue weighted by Crippen LogP contribution is 2.33. The van der Waals surface area contributed by atoms with Crippen LogP contribution in [0.2, 0.25) is 0 Å². The number of nitriles is 1. The van der Waals surface area contributed by atoms with Crippen molar-refractivity contribution < 1.29 is 25.9 Å². The minimum Gasteiger partial charge on any atom is -0.371 e. The average Bonchev–Trinajstić information content (AvgIpc) is 3.12. The van der Waals surface area contributed by atoms with Crippen LogP contribution in [0.4, 0.5) is 22.2 Å². The Bertz CT molecular complexity index is 1220. The number of nitrogens with zero attached hydrogens (tertiary/aromatic N) is 6. The quantitative estimate of drug-likeness (QED) is 0.267. The SMILES string of the molecule is [C-]#[N+]c1nsc(N=Nc2ccc(N(CCCS(=O)(=O)O)CCCS(=O)(=O)O)cc2)c1C#N. The number of rotatable bonds is 11. The summed E-state index contributed by atoms with van der Waals surface area (Å²) in [6.45, 7) is 7.41. The molecule has 170 valence electrons. The van der Waals surface area contributed by atoms with E-state index < -0.39 is 31.7 Å². The lowest BCUT2D eigenvalue weighted by molar-refractivity contribution is 0.480. The van der Waals surface area contributed by atoms with Crippen molar-refractivity contribution in [3.05, 3.63) is 41.2 Å². The summed E-state index contributed by atoms with van der Waals surface area (Å²) in [5.74, 6) is -0.930. The van der Waals surface area contributed by atoms with Crippen LogP contribution in [-0.2, 0) is 20.2 Å². The summed E-state index contributed by atoms with van der Waals surface area (Å²) in [6, 6.07) is 8.42. The maximum Gasteiger partial charge on any atom is 0.304 e. The lowest BCUT2D eigenvalue weighted by Gasteiger charge is -2.24. The molecule has 0 amide bonds. The number of aromatic nitrogens is 1. The summed E-state index contributed by atoms with van der Waals surface area (Å²) in [5, 5.41) is 17.3. The molecule has 0 atom stereocenters. The van der Waals surface area contributed by atoms with Crippen LogP contribution < -0.4 is 4.90 Å². The number of hydrogen-bond donors (Lipinski definition) is 2. The van der Waals surface area contributed by atoms with E-state index in [2.05, 4.69) is 19.4 Å². The van der Waals surface area contributed by atoms with Gasteiger partial charge in [-0.15, -0.1) is 10.2 Å². The van der Waals surface area contributed by atoms with Crippen LogP contribution >= 0.6 is 11.5 Å². The lowest BCUT2D eigenvalue weighted by atomic mass is 10.2. The number of anilines is 1. The highest BCUT2D eigenvalue weighted by Gasteiger charge is 2.15. The first-order valence-corrected chi connectivity index (χ1v) is 13.0. The van der Waals surface area contributed by atoms with Gasteiger partial charge in [0.1, 0.15) is 5.56 Å². The van der Waals surface area contributed by atoms with Gasteiger partial charge in [-0.25, -0.2) is 0 Å². The molecule has 2 aromatic rings. The minimum absolute atomic E-state index is 0.0350. The standard InChI is InChI=1S/C17H18N6O6S3/c1-19-16-15(12-18)17(30-22-16)21-20-13-4-6-14(7-5-13)23(8-2-10-31(24,25)26)9-3-11-32(27,28)29/h4-7H,2-3,8-11H2,(H,24,25,26)(H,27,28,29). The molecule has 0 saturated carbocycles. The molecule has 15 heteroatoms. The van der Waals surface area contributed by atoms with Crippen molar-refractivity contribution in [2.24, 2.45) is 10.2 Å². The highest BCUT2D eigenvalue weighted by atomic mass is 32.2. The van der Waals surface area contributed by atoms with Crippen LogP contribution in [0.5, 0.6) is 0 Å². The van der Waals surface area contributed by atoms with Crippen molar-refractivity contribution in [3.8, 4) is 6.07 Å². The summed E-state index contributed by atoms with van der Waals surface area (Å²) < 4.78 is 65.5. The average molecular weight is 499 g/mol. The molecule has 0 aliphatic rings. The Morgan fingerprint density at radius 2 is 1.62 bits per heavy atom. The van der Waals surface area contributed by atoms with E-state index in [4.69, 9.17) is 20.9 Å². The molecule has 1 aromatic heterocycles. The molecule has 2 rings (SSSR count). The summed E-state index contributed by atoms with van der Waals surface area (Å²) in [7, 11) is -8.26. The molecule has 0 aliphatic carbocycles. The van der Waals surface area contributed by atoms with Gasteiger partial charge in [-0.1, -0.05) is 10.9 Å². The van der Waals surface area contributed by atoms with Gasteiger partial charge in [0.15, 0.2) is 5.00 Å².